The van der Waals surface area contributed by atoms with Gasteiger partial charge in [0.05, 0.1) is 0 Å². The molecule has 1 aromatic heterocycles. The van der Waals surface area contributed by atoms with Crippen LogP contribution in [0.3, 0.4) is 0 Å². The minimum atomic E-state index is -3.91. The van der Waals surface area contributed by atoms with Crippen LogP contribution in [0, 0.1) is 11.7 Å². The molecule has 150 valence electrons. The van der Waals surface area contributed by atoms with E-state index in [9.17, 15) is 17.6 Å². The topological polar surface area (TPSA) is 71.7 Å². The molecule has 1 fully saturated rings. The molecule has 0 N–H and O–H groups in total. The number of aromatic nitrogens is 1. The van der Waals surface area contributed by atoms with E-state index in [1.165, 1.54) is 27.1 Å². The number of hydrogen-bond donors (Lipinski definition) is 0. The number of piperidine rings is 1. The van der Waals surface area contributed by atoms with Crippen LogP contribution in [-0.2, 0) is 10.0 Å². The third-order valence-corrected chi connectivity index (χ3v) is 6.66. The molecular weight excluding hydrogens is 381 g/mol. The smallest absolute Gasteiger partial charge is 0.245 e. The fourth-order valence-corrected chi connectivity index (χ4v) is 4.86. The summed E-state index contributed by atoms with van der Waals surface area (Å²) in [5, 5.41) is 0. The maximum absolute atomic E-state index is 13.9. The average molecular weight is 405 g/mol. The predicted molar refractivity (Wildman–Crippen MR) is 104 cm³/mol. The van der Waals surface area contributed by atoms with E-state index in [0.29, 0.717) is 18.3 Å². The van der Waals surface area contributed by atoms with E-state index in [4.69, 9.17) is 0 Å². The van der Waals surface area contributed by atoms with Crippen LogP contribution in [0.2, 0.25) is 0 Å². The molecule has 0 aliphatic carbocycles. The zero-order chi connectivity index (χ0) is 20.3. The Labute approximate surface area is 164 Å². The third-order valence-electron chi connectivity index (χ3n) is 4.72. The van der Waals surface area contributed by atoms with Crippen LogP contribution in [0.25, 0.3) is 0 Å². The molecule has 1 saturated heterocycles. The van der Waals surface area contributed by atoms with Gasteiger partial charge in [0.25, 0.3) is 0 Å². The van der Waals surface area contributed by atoms with Gasteiger partial charge in [-0.3, -0.25) is 14.4 Å². The van der Waals surface area contributed by atoms with Crippen molar-refractivity contribution < 1.29 is 17.6 Å². The van der Waals surface area contributed by atoms with E-state index in [1.807, 2.05) is 19.9 Å². The maximum atomic E-state index is 13.9. The highest BCUT2D eigenvalue weighted by Gasteiger charge is 2.33. The molecule has 2 heterocycles. The van der Waals surface area contributed by atoms with Gasteiger partial charge in [0.15, 0.2) is 0 Å². The quantitative estimate of drug-likeness (QED) is 0.785. The summed E-state index contributed by atoms with van der Waals surface area (Å²) in [4.78, 5) is 17.1. The van der Waals surface area contributed by atoms with Crippen molar-refractivity contribution in [1.29, 1.82) is 0 Å². The Hall–Kier alpha value is -2.32. The lowest BCUT2D eigenvalue weighted by Crippen LogP contribution is -2.42. The lowest BCUT2D eigenvalue weighted by molar-refractivity contribution is 0.0781. The molecule has 1 aliphatic rings. The normalized spacial score (nSPS) is 17.2. The summed E-state index contributed by atoms with van der Waals surface area (Å²) in [6, 6.07) is 10.8. The Bertz CT molecular complexity index is 1020. The molecule has 1 aliphatic heterocycles. The summed E-state index contributed by atoms with van der Waals surface area (Å²) < 4.78 is 42.2. The van der Waals surface area contributed by atoms with E-state index in [1.54, 1.807) is 18.3 Å². The molecule has 3 rings (SSSR count). The maximum Gasteiger partial charge on any atom is 0.245 e. The molecule has 0 atom stereocenters. The lowest BCUT2D eigenvalue weighted by atomic mass is 9.97. The second-order valence-electron chi connectivity index (χ2n) is 7.10. The molecule has 2 aromatic rings. The minimum Gasteiger partial charge on any atom is -0.274 e. The fraction of sp³-hybridized carbons (Fsp3) is 0.400. The van der Waals surface area contributed by atoms with E-state index in [0.717, 1.165) is 6.07 Å². The van der Waals surface area contributed by atoms with Crippen LogP contribution in [-0.4, -0.2) is 42.3 Å². The minimum absolute atomic E-state index is 0.0502. The molecule has 0 radical (unpaired) electrons. The first-order chi connectivity index (χ1) is 13.3. The second-order valence-corrected chi connectivity index (χ2v) is 9.01. The highest BCUT2D eigenvalue weighted by Crippen LogP contribution is 2.25. The Balaban J connectivity index is 1.76. The number of nitrogens with zero attached hydrogens (tertiary/aromatic N) is 3. The number of pyridine rings is 1. The van der Waals surface area contributed by atoms with Crippen LogP contribution < -0.4 is 5.49 Å². The van der Waals surface area contributed by atoms with E-state index < -0.39 is 15.8 Å². The van der Waals surface area contributed by atoms with Crippen molar-refractivity contribution in [2.75, 3.05) is 13.1 Å². The molecule has 0 spiro atoms. The highest BCUT2D eigenvalue weighted by atomic mass is 32.2. The van der Waals surface area contributed by atoms with Gasteiger partial charge in [0.2, 0.25) is 15.9 Å². The standard InChI is InChI=1S/C20H24FN3O3S/c1-15(2)22-19-9-5-6-12-24(19)20(25)16-10-13-23(14-11-16)28(26,27)18-8-4-3-7-17(18)21/h3-9,12,15-16H,10-11,13-14H2,1-2H3. The first-order valence-electron chi connectivity index (χ1n) is 9.31. The van der Waals surface area contributed by atoms with Gasteiger partial charge in [0.1, 0.15) is 16.2 Å². The molecule has 1 aromatic carbocycles. The Morgan fingerprint density at radius 2 is 1.75 bits per heavy atom. The van der Waals surface area contributed by atoms with Gasteiger partial charge in [-0.05, 0) is 51.0 Å². The molecule has 0 amide bonds. The first kappa shape index (κ1) is 20.4. The first-order valence-corrected chi connectivity index (χ1v) is 10.7. The van der Waals surface area contributed by atoms with Gasteiger partial charge in [-0.1, -0.05) is 18.2 Å². The SMILES string of the molecule is CC(C)N=c1ccccn1C(=O)C1CCN(S(=O)(=O)c2ccccc2F)CC1. The van der Waals surface area contributed by atoms with Gasteiger partial charge in [-0.2, -0.15) is 4.31 Å². The number of carbonyl (C=O) groups excluding carboxylic acids is 1. The van der Waals surface area contributed by atoms with Crippen LogP contribution in [0.1, 0.15) is 31.5 Å². The lowest BCUT2D eigenvalue weighted by Gasteiger charge is -2.30. The summed E-state index contributed by atoms with van der Waals surface area (Å²) in [6.07, 6.45) is 2.46. The number of sulfonamides is 1. The van der Waals surface area contributed by atoms with Gasteiger partial charge in [-0.15, -0.1) is 0 Å². The van der Waals surface area contributed by atoms with Gasteiger partial charge < -0.3 is 0 Å². The van der Waals surface area contributed by atoms with Crippen molar-refractivity contribution in [1.82, 2.24) is 8.87 Å². The van der Waals surface area contributed by atoms with Crippen molar-refractivity contribution in [3.63, 3.8) is 0 Å². The summed E-state index contributed by atoms with van der Waals surface area (Å²) in [5.74, 6) is -1.16. The van der Waals surface area contributed by atoms with Crippen molar-refractivity contribution >= 4 is 15.9 Å². The Morgan fingerprint density at radius 3 is 2.39 bits per heavy atom. The zero-order valence-electron chi connectivity index (χ0n) is 16.0. The van der Waals surface area contributed by atoms with Gasteiger partial charge in [-0.25, -0.2) is 12.8 Å². The van der Waals surface area contributed by atoms with Crippen molar-refractivity contribution in [2.24, 2.45) is 10.9 Å². The molecule has 0 unspecified atom stereocenters. The molecule has 0 bridgehead atoms. The molecule has 0 saturated carbocycles. The molecular formula is C20H24FN3O3S. The van der Waals surface area contributed by atoms with Gasteiger partial charge in [0, 0.05) is 31.2 Å². The van der Waals surface area contributed by atoms with Crippen LogP contribution in [0.15, 0.2) is 58.5 Å². The monoisotopic (exact) mass is 405 g/mol. The van der Waals surface area contributed by atoms with E-state index in [2.05, 4.69) is 4.99 Å². The largest absolute Gasteiger partial charge is 0.274 e. The number of rotatable bonds is 4. The van der Waals surface area contributed by atoms with E-state index >= 15 is 0 Å². The summed E-state index contributed by atoms with van der Waals surface area (Å²) >= 11 is 0. The van der Waals surface area contributed by atoms with Crippen LogP contribution in [0.4, 0.5) is 4.39 Å². The summed E-state index contributed by atoms with van der Waals surface area (Å²) in [5.41, 5.74) is 0.587. The second kappa shape index (κ2) is 8.36. The summed E-state index contributed by atoms with van der Waals surface area (Å²) in [7, 11) is -3.91. The number of halogens is 1. The van der Waals surface area contributed by atoms with Crippen LogP contribution in [0.5, 0.6) is 0 Å². The van der Waals surface area contributed by atoms with Gasteiger partial charge >= 0.3 is 0 Å². The van der Waals surface area contributed by atoms with Crippen LogP contribution >= 0.6 is 0 Å². The number of benzene rings is 1. The molecule has 6 nitrogen and oxygen atoms in total. The fourth-order valence-electron chi connectivity index (χ4n) is 3.32. The number of carbonyl (C=O) groups is 1. The molecule has 8 heteroatoms. The Morgan fingerprint density at radius 1 is 1.11 bits per heavy atom. The summed E-state index contributed by atoms with van der Waals surface area (Å²) in [6.45, 7) is 4.23. The van der Waals surface area contributed by atoms with Crippen molar-refractivity contribution in [3.05, 3.63) is 60.0 Å². The van der Waals surface area contributed by atoms with Crippen molar-refractivity contribution in [3.8, 4) is 0 Å². The predicted octanol–water partition coefficient (Wildman–Crippen LogP) is 2.68. The zero-order valence-corrected chi connectivity index (χ0v) is 16.8. The third kappa shape index (κ3) is 4.23. The highest BCUT2D eigenvalue weighted by molar-refractivity contribution is 7.89. The number of hydrogen-bond acceptors (Lipinski definition) is 4. The van der Waals surface area contributed by atoms with E-state index in [-0.39, 0.29) is 35.9 Å². The molecule has 28 heavy (non-hydrogen) atoms. The average Bonchev–Trinajstić information content (AvgIpc) is 2.68. The Kier molecular flexibility index (Phi) is 6.10. The van der Waals surface area contributed by atoms with Crippen molar-refractivity contribution in [2.45, 2.75) is 37.6 Å².